The molecular formula is C10H8FN3OS. The van der Waals surface area contributed by atoms with Crippen LogP contribution < -0.4 is 5.32 Å². The monoisotopic (exact) mass is 237 g/mol. The van der Waals surface area contributed by atoms with Crippen molar-refractivity contribution in [1.82, 2.24) is 15.3 Å². The van der Waals surface area contributed by atoms with Crippen LogP contribution in [0.15, 0.2) is 29.9 Å². The third-order valence-corrected chi connectivity index (χ3v) is 2.65. The van der Waals surface area contributed by atoms with Gasteiger partial charge in [-0.3, -0.25) is 4.79 Å². The van der Waals surface area contributed by atoms with E-state index in [1.165, 1.54) is 23.6 Å². The predicted molar refractivity (Wildman–Crippen MR) is 57.5 cm³/mol. The number of nitrogens with zero attached hydrogens (tertiary/aromatic N) is 2. The number of halogens is 1. The number of carbonyl (C=O) groups excluding carboxylic acids is 1. The van der Waals surface area contributed by atoms with Crippen LogP contribution in [0.25, 0.3) is 0 Å². The van der Waals surface area contributed by atoms with Crippen molar-refractivity contribution in [3.63, 3.8) is 0 Å². The number of hydrogen-bond donors (Lipinski definition) is 1. The summed E-state index contributed by atoms with van der Waals surface area (Å²) in [5.41, 5.74) is 0.254. The summed E-state index contributed by atoms with van der Waals surface area (Å²) in [6.07, 6.45) is 2.92. The molecule has 0 unspecified atom stereocenters. The molecule has 1 amide bonds. The highest BCUT2D eigenvalue weighted by Gasteiger charge is 2.06. The number of amides is 1. The molecule has 0 spiro atoms. The van der Waals surface area contributed by atoms with Gasteiger partial charge in [0.1, 0.15) is 5.01 Å². The van der Waals surface area contributed by atoms with Gasteiger partial charge in [0.25, 0.3) is 5.91 Å². The van der Waals surface area contributed by atoms with Gasteiger partial charge in [-0.2, -0.15) is 4.39 Å². The van der Waals surface area contributed by atoms with E-state index in [1.54, 1.807) is 6.20 Å². The van der Waals surface area contributed by atoms with E-state index in [0.717, 1.165) is 11.1 Å². The van der Waals surface area contributed by atoms with Crippen LogP contribution in [-0.2, 0) is 6.54 Å². The van der Waals surface area contributed by atoms with Crippen LogP contribution in [0.5, 0.6) is 0 Å². The summed E-state index contributed by atoms with van der Waals surface area (Å²) in [5, 5.41) is 5.28. The van der Waals surface area contributed by atoms with Crippen LogP contribution in [0, 0.1) is 5.95 Å². The van der Waals surface area contributed by atoms with Crippen molar-refractivity contribution in [2.75, 3.05) is 0 Å². The van der Waals surface area contributed by atoms with Crippen LogP contribution in [0.2, 0.25) is 0 Å². The highest BCUT2D eigenvalue weighted by molar-refractivity contribution is 7.09. The maximum atomic E-state index is 12.7. The molecule has 0 saturated carbocycles. The zero-order valence-electron chi connectivity index (χ0n) is 8.18. The molecule has 4 nitrogen and oxygen atoms in total. The lowest BCUT2D eigenvalue weighted by molar-refractivity contribution is 0.0950. The van der Waals surface area contributed by atoms with Gasteiger partial charge in [0.15, 0.2) is 0 Å². The molecule has 6 heteroatoms. The Morgan fingerprint density at radius 2 is 2.31 bits per heavy atom. The number of aromatic nitrogens is 2. The molecule has 0 bridgehead atoms. The molecular weight excluding hydrogens is 229 g/mol. The van der Waals surface area contributed by atoms with E-state index in [4.69, 9.17) is 0 Å². The van der Waals surface area contributed by atoms with Crippen LogP contribution in [0.1, 0.15) is 15.4 Å². The van der Waals surface area contributed by atoms with Gasteiger partial charge in [0.05, 0.1) is 6.54 Å². The van der Waals surface area contributed by atoms with Crippen molar-refractivity contribution < 1.29 is 9.18 Å². The quantitative estimate of drug-likeness (QED) is 0.825. The third kappa shape index (κ3) is 2.60. The largest absolute Gasteiger partial charge is 0.346 e. The normalized spacial score (nSPS) is 10.1. The van der Waals surface area contributed by atoms with Gasteiger partial charge in [-0.25, -0.2) is 9.97 Å². The summed E-state index contributed by atoms with van der Waals surface area (Å²) in [6, 6.07) is 2.55. The fourth-order valence-electron chi connectivity index (χ4n) is 1.14. The van der Waals surface area contributed by atoms with Gasteiger partial charge in [-0.05, 0) is 6.07 Å². The topological polar surface area (TPSA) is 54.9 Å². The minimum Gasteiger partial charge on any atom is -0.346 e. The molecule has 0 saturated heterocycles. The lowest BCUT2D eigenvalue weighted by atomic mass is 10.2. The Labute approximate surface area is 95.2 Å². The molecule has 2 aromatic heterocycles. The van der Waals surface area contributed by atoms with E-state index in [-0.39, 0.29) is 11.5 Å². The Morgan fingerprint density at radius 1 is 1.44 bits per heavy atom. The molecule has 2 rings (SSSR count). The van der Waals surface area contributed by atoms with Gasteiger partial charge < -0.3 is 5.32 Å². The van der Waals surface area contributed by atoms with Crippen LogP contribution in [-0.4, -0.2) is 15.9 Å². The number of thiazole rings is 1. The van der Waals surface area contributed by atoms with Crippen LogP contribution >= 0.6 is 11.3 Å². The maximum absolute atomic E-state index is 12.7. The second-order valence-corrected chi connectivity index (χ2v) is 3.95. The van der Waals surface area contributed by atoms with Gasteiger partial charge in [0.2, 0.25) is 5.95 Å². The van der Waals surface area contributed by atoms with Crippen molar-refractivity contribution in [3.8, 4) is 0 Å². The Balaban J connectivity index is 1.98. The average molecular weight is 237 g/mol. The van der Waals surface area contributed by atoms with Gasteiger partial charge in [-0.15, -0.1) is 11.3 Å². The van der Waals surface area contributed by atoms with Crippen molar-refractivity contribution in [1.29, 1.82) is 0 Å². The van der Waals surface area contributed by atoms with E-state index in [1.807, 2.05) is 5.38 Å². The van der Waals surface area contributed by atoms with E-state index < -0.39 is 5.95 Å². The standard InChI is InChI=1S/C10H8FN3OS/c11-8-5-7(1-2-12-8)10(15)14-6-9-13-3-4-16-9/h1-5H,6H2,(H,14,15). The first-order valence-electron chi connectivity index (χ1n) is 4.54. The Hall–Kier alpha value is -1.82. The van der Waals surface area contributed by atoms with Crippen molar-refractivity contribution >= 4 is 17.2 Å². The molecule has 0 aliphatic carbocycles. The zero-order chi connectivity index (χ0) is 11.4. The first-order valence-corrected chi connectivity index (χ1v) is 5.42. The summed E-state index contributed by atoms with van der Waals surface area (Å²) < 4.78 is 12.7. The molecule has 82 valence electrons. The lowest BCUT2D eigenvalue weighted by Crippen LogP contribution is -2.22. The highest BCUT2D eigenvalue weighted by atomic mass is 32.1. The van der Waals surface area contributed by atoms with Crippen LogP contribution in [0.4, 0.5) is 4.39 Å². The first kappa shape index (κ1) is 10.7. The average Bonchev–Trinajstić information content (AvgIpc) is 2.78. The Kier molecular flexibility index (Phi) is 3.21. The second-order valence-electron chi connectivity index (χ2n) is 2.98. The SMILES string of the molecule is O=C(NCc1nccs1)c1ccnc(F)c1. The van der Waals surface area contributed by atoms with Crippen molar-refractivity contribution in [2.24, 2.45) is 0 Å². The predicted octanol–water partition coefficient (Wildman–Crippen LogP) is 1.61. The molecule has 0 aromatic carbocycles. The number of rotatable bonds is 3. The number of pyridine rings is 1. The summed E-state index contributed by atoms with van der Waals surface area (Å²) in [6.45, 7) is 0.348. The molecule has 0 atom stereocenters. The summed E-state index contributed by atoms with van der Waals surface area (Å²) >= 11 is 1.45. The molecule has 0 radical (unpaired) electrons. The van der Waals surface area contributed by atoms with E-state index in [0.29, 0.717) is 6.54 Å². The van der Waals surface area contributed by atoms with Crippen LogP contribution in [0.3, 0.4) is 0 Å². The Morgan fingerprint density at radius 3 is 3.00 bits per heavy atom. The molecule has 2 heterocycles. The molecule has 0 fully saturated rings. The zero-order valence-corrected chi connectivity index (χ0v) is 9.00. The summed E-state index contributed by atoms with van der Waals surface area (Å²) in [7, 11) is 0. The first-order chi connectivity index (χ1) is 7.75. The molecule has 2 aromatic rings. The molecule has 0 aliphatic heterocycles. The summed E-state index contributed by atoms with van der Waals surface area (Å²) in [5.74, 6) is -1.00. The van der Waals surface area contributed by atoms with E-state index in [2.05, 4.69) is 15.3 Å². The van der Waals surface area contributed by atoms with E-state index >= 15 is 0 Å². The van der Waals surface area contributed by atoms with Crippen molar-refractivity contribution in [3.05, 3.63) is 46.4 Å². The number of hydrogen-bond acceptors (Lipinski definition) is 4. The minimum absolute atomic E-state index is 0.254. The van der Waals surface area contributed by atoms with Gasteiger partial charge in [0, 0.05) is 29.4 Å². The molecule has 1 N–H and O–H groups in total. The van der Waals surface area contributed by atoms with E-state index in [9.17, 15) is 9.18 Å². The highest BCUT2D eigenvalue weighted by Crippen LogP contribution is 2.04. The molecule has 16 heavy (non-hydrogen) atoms. The molecule has 0 aliphatic rings. The summed E-state index contributed by atoms with van der Waals surface area (Å²) in [4.78, 5) is 19.0. The Bertz CT molecular complexity index is 487. The van der Waals surface area contributed by atoms with Gasteiger partial charge in [-0.1, -0.05) is 0 Å². The fourth-order valence-corrected chi connectivity index (χ4v) is 1.70. The number of nitrogens with one attached hydrogen (secondary N) is 1. The number of carbonyl (C=O) groups is 1. The second kappa shape index (κ2) is 4.80. The van der Waals surface area contributed by atoms with Crippen molar-refractivity contribution in [2.45, 2.75) is 6.54 Å². The fraction of sp³-hybridized carbons (Fsp3) is 0.100. The maximum Gasteiger partial charge on any atom is 0.251 e. The van der Waals surface area contributed by atoms with Gasteiger partial charge >= 0.3 is 0 Å². The third-order valence-electron chi connectivity index (χ3n) is 1.87. The lowest BCUT2D eigenvalue weighted by Gasteiger charge is -2.02. The smallest absolute Gasteiger partial charge is 0.251 e. The minimum atomic E-state index is -0.665.